The van der Waals surface area contributed by atoms with Crippen molar-refractivity contribution in [3.05, 3.63) is 52.1 Å². The van der Waals surface area contributed by atoms with Crippen molar-refractivity contribution in [2.45, 2.75) is 6.54 Å². The molecule has 0 saturated heterocycles. The van der Waals surface area contributed by atoms with E-state index in [2.05, 4.69) is 49.9 Å². The summed E-state index contributed by atoms with van der Waals surface area (Å²) in [6.07, 6.45) is 3.75. The fourth-order valence-electron chi connectivity index (χ4n) is 2.03. The van der Waals surface area contributed by atoms with Gasteiger partial charge in [0.1, 0.15) is 11.0 Å². The largest absolute Gasteiger partial charge is 0.340 e. The average molecular weight is 325 g/mol. The summed E-state index contributed by atoms with van der Waals surface area (Å²) in [6.45, 7) is 0.717. The minimum absolute atomic E-state index is 0.657. The number of hydrogen-bond donors (Lipinski definition) is 0. The van der Waals surface area contributed by atoms with Crippen LogP contribution in [0.1, 0.15) is 5.82 Å². The second-order valence-corrected chi connectivity index (χ2v) is 5.51. The van der Waals surface area contributed by atoms with Crippen molar-refractivity contribution in [2.24, 2.45) is 7.05 Å². The van der Waals surface area contributed by atoms with E-state index < -0.39 is 0 Å². The van der Waals surface area contributed by atoms with E-state index in [0.717, 1.165) is 10.3 Å². The van der Waals surface area contributed by atoms with E-state index in [1.165, 1.54) is 10.9 Å². The standard InChI is InChI=1S/C13H11BrClN3/c1-17-12(15)7-16-13(17)8-18-5-4-9-6-10(14)2-3-11(9)18/h2-7H,8H2,1H3. The Labute approximate surface area is 118 Å². The zero-order chi connectivity index (χ0) is 12.7. The van der Waals surface area contributed by atoms with Crippen LogP contribution in [0.25, 0.3) is 10.9 Å². The molecule has 0 atom stereocenters. The Balaban J connectivity index is 2.03. The van der Waals surface area contributed by atoms with E-state index in [0.29, 0.717) is 11.7 Å². The lowest BCUT2D eigenvalue weighted by molar-refractivity contribution is 0.718. The van der Waals surface area contributed by atoms with Gasteiger partial charge in [0.05, 0.1) is 12.7 Å². The summed E-state index contributed by atoms with van der Waals surface area (Å²) in [5, 5.41) is 1.87. The molecule has 3 rings (SSSR count). The highest BCUT2D eigenvalue weighted by atomic mass is 79.9. The Morgan fingerprint density at radius 1 is 1.33 bits per heavy atom. The predicted molar refractivity (Wildman–Crippen MR) is 77.0 cm³/mol. The van der Waals surface area contributed by atoms with E-state index >= 15 is 0 Å². The number of aromatic nitrogens is 3. The monoisotopic (exact) mass is 323 g/mol. The van der Waals surface area contributed by atoms with Crippen molar-refractivity contribution in [1.29, 1.82) is 0 Å². The van der Waals surface area contributed by atoms with Crippen molar-refractivity contribution in [2.75, 3.05) is 0 Å². The molecule has 0 aliphatic rings. The maximum Gasteiger partial charge on any atom is 0.129 e. The third-order valence-electron chi connectivity index (χ3n) is 3.07. The van der Waals surface area contributed by atoms with Gasteiger partial charge in [0.2, 0.25) is 0 Å². The first-order valence-corrected chi connectivity index (χ1v) is 6.73. The van der Waals surface area contributed by atoms with Crippen molar-refractivity contribution in [1.82, 2.24) is 14.1 Å². The number of fused-ring (bicyclic) bond motifs is 1. The van der Waals surface area contributed by atoms with Gasteiger partial charge in [-0.3, -0.25) is 0 Å². The van der Waals surface area contributed by atoms with Gasteiger partial charge in [0.25, 0.3) is 0 Å². The second-order valence-electron chi connectivity index (χ2n) is 4.20. The molecule has 18 heavy (non-hydrogen) atoms. The zero-order valence-corrected chi connectivity index (χ0v) is 12.1. The topological polar surface area (TPSA) is 22.8 Å². The van der Waals surface area contributed by atoms with Crippen LogP contribution in [0.3, 0.4) is 0 Å². The molecule has 2 aromatic heterocycles. The summed E-state index contributed by atoms with van der Waals surface area (Å²) in [6, 6.07) is 8.36. The molecule has 0 unspecified atom stereocenters. The van der Waals surface area contributed by atoms with E-state index in [1.54, 1.807) is 6.20 Å². The number of benzene rings is 1. The Morgan fingerprint density at radius 3 is 2.89 bits per heavy atom. The molecule has 0 aliphatic heterocycles. The second kappa shape index (κ2) is 4.44. The fraction of sp³-hybridized carbons (Fsp3) is 0.154. The van der Waals surface area contributed by atoms with Crippen molar-refractivity contribution >= 4 is 38.4 Å². The molecule has 5 heteroatoms. The third kappa shape index (κ3) is 1.95. The van der Waals surface area contributed by atoms with Crippen LogP contribution < -0.4 is 0 Å². The first-order chi connectivity index (χ1) is 8.65. The maximum atomic E-state index is 5.99. The molecule has 1 aromatic carbocycles. The highest BCUT2D eigenvalue weighted by Gasteiger charge is 2.07. The number of halogens is 2. The van der Waals surface area contributed by atoms with Crippen LogP contribution in [0.2, 0.25) is 5.15 Å². The van der Waals surface area contributed by atoms with E-state index in [1.807, 2.05) is 17.7 Å². The molecule has 0 radical (unpaired) electrons. The summed E-state index contributed by atoms with van der Waals surface area (Å²) in [5.41, 5.74) is 1.19. The molecule has 0 spiro atoms. The molecule has 0 N–H and O–H groups in total. The molecule has 0 fully saturated rings. The van der Waals surface area contributed by atoms with Gasteiger partial charge in [-0.15, -0.1) is 0 Å². The summed E-state index contributed by atoms with van der Waals surface area (Å²) in [7, 11) is 1.92. The molecule has 0 amide bonds. The molecule has 3 aromatic rings. The van der Waals surface area contributed by atoms with E-state index in [4.69, 9.17) is 11.6 Å². The van der Waals surface area contributed by atoms with Crippen molar-refractivity contribution in [3.63, 3.8) is 0 Å². The first kappa shape index (κ1) is 11.8. The summed E-state index contributed by atoms with van der Waals surface area (Å²) < 4.78 is 5.15. The number of rotatable bonds is 2. The number of imidazole rings is 1. The molecule has 2 heterocycles. The van der Waals surface area contributed by atoms with Crippen LogP contribution in [0.15, 0.2) is 41.1 Å². The Morgan fingerprint density at radius 2 is 2.17 bits per heavy atom. The van der Waals surface area contributed by atoms with Gasteiger partial charge in [-0.25, -0.2) is 4.98 Å². The number of hydrogen-bond acceptors (Lipinski definition) is 1. The van der Waals surface area contributed by atoms with Crippen LogP contribution >= 0.6 is 27.5 Å². The van der Waals surface area contributed by atoms with Gasteiger partial charge in [-0.1, -0.05) is 27.5 Å². The minimum Gasteiger partial charge on any atom is -0.340 e. The quantitative estimate of drug-likeness (QED) is 0.702. The zero-order valence-electron chi connectivity index (χ0n) is 9.77. The van der Waals surface area contributed by atoms with Crippen LogP contribution in [-0.4, -0.2) is 14.1 Å². The third-order valence-corrected chi connectivity index (χ3v) is 3.92. The SMILES string of the molecule is Cn1c(Cl)cnc1Cn1ccc2cc(Br)ccc21. The van der Waals surface area contributed by atoms with Gasteiger partial charge in [0, 0.05) is 28.6 Å². The Bertz CT molecular complexity index is 714. The summed E-state index contributed by atoms with van der Waals surface area (Å²) in [4.78, 5) is 4.32. The molecular formula is C13H11BrClN3. The lowest BCUT2D eigenvalue weighted by atomic mass is 10.2. The molecule has 92 valence electrons. The van der Waals surface area contributed by atoms with Crippen LogP contribution in [0.5, 0.6) is 0 Å². The van der Waals surface area contributed by atoms with Gasteiger partial charge < -0.3 is 9.13 Å². The normalized spacial score (nSPS) is 11.3. The molecular weight excluding hydrogens is 314 g/mol. The Hall–Kier alpha value is -1.26. The van der Waals surface area contributed by atoms with Gasteiger partial charge in [-0.2, -0.15) is 0 Å². The Kier molecular flexibility index (Phi) is 2.92. The summed E-state index contributed by atoms with van der Waals surface area (Å²) >= 11 is 9.47. The van der Waals surface area contributed by atoms with Gasteiger partial charge in [-0.05, 0) is 24.3 Å². The molecule has 0 bridgehead atoms. The molecule has 3 nitrogen and oxygen atoms in total. The van der Waals surface area contributed by atoms with Gasteiger partial charge >= 0.3 is 0 Å². The minimum atomic E-state index is 0.657. The van der Waals surface area contributed by atoms with Crippen molar-refractivity contribution < 1.29 is 0 Å². The van der Waals surface area contributed by atoms with E-state index in [9.17, 15) is 0 Å². The molecule has 0 aliphatic carbocycles. The van der Waals surface area contributed by atoms with Crippen LogP contribution in [0.4, 0.5) is 0 Å². The predicted octanol–water partition coefficient (Wildman–Crippen LogP) is 3.84. The van der Waals surface area contributed by atoms with Crippen molar-refractivity contribution in [3.8, 4) is 0 Å². The highest BCUT2D eigenvalue weighted by molar-refractivity contribution is 9.10. The highest BCUT2D eigenvalue weighted by Crippen LogP contribution is 2.22. The van der Waals surface area contributed by atoms with Gasteiger partial charge in [0.15, 0.2) is 0 Å². The fourth-order valence-corrected chi connectivity index (χ4v) is 2.56. The van der Waals surface area contributed by atoms with Crippen LogP contribution in [-0.2, 0) is 13.6 Å². The lowest BCUT2D eigenvalue weighted by Gasteiger charge is -2.06. The van der Waals surface area contributed by atoms with E-state index in [-0.39, 0.29) is 0 Å². The van der Waals surface area contributed by atoms with Crippen LogP contribution in [0, 0.1) is 0 Å². The average Bonchev–Trinajstić information content (AvgIpc) is 2.88. The molecule has 0 saturated carbocycles. The summed E-state index contributed by atoms with van der Waals surface area (Å²) in [5.74, 6) is 0.945. The maximum absolute atomic E-state index is 5.99. The lowest BCUT2D eigenvalue weighted by Crippen LogP contribution is -2.05. The first-order valence-electron chi connectivity index (χ1n) is 5.55. The smallest absolute Gasteiger partial charge is 0.129 e. The number of nitrogens with zero attached hydrogens (tertiary/aromatic N) is 3.